The number of carbonyl (C=O) groups is 1. The normalized spacial score (nSPS) is 10.4. The highest BCUT2D eigenvalue weighted by Gasteiger charge is 1.94. The highest BCUT2D eigenvalue weighted by atomic mass is 16.5. The minimum absolute atomic E-state index is 0.295. The maximum atomic E-state index is 11.0. The Kier molecular flexibility index (Phi) is 5.12. The summed E-state index contributed by atoms with van der Waals surface area (Å²) in [6.45, 7) is 2.20. The Morgan fingerprint density at radius 2 is 2.00 bits per heavy atom. The van der Waals surface area contributed by atoms with Gasteiger partial charge in [-0.3, -0.25) is 0 Å². The Hall–Kier alpha value is -1.77. The van der Waals surface area contributed by atoms with E-state index in [9.17, 15) is 4.79 Å². The molecule has 0 aliphatic carbocycles. The van der Waals surface area contributed by atoms with E-state index in [0.29, 0.717) is 13.0 Å². The Morgan fingerprint density at radius 3 is 2.56 bits per heavy atom. The van der Waals surface area contributed by atoms with Crippen LogP contribution in [0.4, 0.5) is 0 Å². The van der Waals surface area contributed by atoms with Gasteiger partial charge >= 0.3 is 5.97 Å². The Morgan fingerprint density at radius 1 is 1.31 bits per heavy atom. The van der Waals surface area contributed by atoms with Crippen LogP contribution in [0.2, 0.25) is 0 Å². The van der Waals surface area contributed by atoms with E-state index in [1.165, 1.54) is 6.08 Å². The van der Waals surface area contributed by atoms with Gasteiger partial charge in [-0.15, -0.1) is 0 Å². The monoisotopic (exact) mass is 220 g/mol. The van der Waals surface area contributed by atoms with Gasteiger partial charge in [0.05, 0.1) is 13.7 Å². The zero-order valence-electron chi connectivity index (χ0n) is 9.60. The molecule has 0 aromatic heterocycles. The summed E-state index contributed by atoms with van der Waals surface area (Å²) < 4.78 is 9.82. The molecule has 0 aliphatic rings. The van der Waals surface area contributed by atoms with Gasteiger partial charge in [0.2, 0.25) is 0 Å². The predicted molar refractivity (Wildman–Crippen MR) is 62.5 cm³/mol. The van der Waals surface area contributed by atoms with E-state index >= 15 is 0 Å². The minimum atomic E-state index is -0.295. The number of esters is 1. The fourth-order valence-corrected chi connectivity index (χ4v) is 1.24. The van der Waals surface area contributed by atoms with Gasteiger partial charge in [-0.2, -0.15) is 0 Å². The molecule has 3 nitrogen and oxygen atoms in total. The molecule has 0 N–H and O–H groups in total. The van der Waals surface area contributed by atoms with Gasteiger partial charge in [-0.1, -0.05) is 18.2 Å². The number of methoxy groups -OCH3 is 1. The number of hydrogen-bond acceptors (Lipinski definition) is 3. The number of allylic oxidation sites excluding steroid dienone is 1. The van der Waals surface area contributed by atoms with Crippen LogP contribution in [0.5, 0.6) is 5.75 Å². The molecule has 1 aromatic carbocycles. The molecule has 0 heterocycles. The van der Waals surface area contributed by atoms with Crippen molar-refractivity contribution in [3.8, 4) is 5.75 Å². The minimum Gasteiger partial charge on any atom is -0.497 e. The molecule has 0 fully saturated rings. The number of rotatable bonds is 5. The molecule has 1 rings (SSSR count). The standard InChI is InChI=1S/C13H16O3/c1-3-16-13(14)6-4-5-11-7-9-12(15-2)10-8-11/h4,6-10H,3,5H2,1-2H3/b6-4-. The topological polar surface area (TPSA) is 35.5 Å². The molecule has 0 amide bonds. The van der Waals surface area contributed by atoms with Crippen molar-refractivity contribution in [3.63, 3.8) is 0 Å². The first-order valence-corrected chi connectivity index (χ1v) is 5.22. The fourth-order valence-electron chi connectivity index (χ4n) is 1.24. The molecule has 0 saturated heterocycles. The van der Waals surface area contributed by atoms with Crippen molar-refractivity contribution >= 4 is 5.97 Å². The molecule has 1 aromatic rings. The van der Waals surface area contributed by atoms with Gasteiger partial charge in [0.1, 0.15) is 5.75 Å². The van der Waals surface area contributed by atoms with Crippen molar-refractivity contribution in [2.45, 2.75) is 13.3 Å². The summed E-state index contributed by atoms with van der Waals surface area (Å²) in [5, 5.41) is 0. The third-order valence-electron chi connectivity index (χ3n) is 2.05. The second-order valence-corrected chi connectivity index (χ2v) is 3.21. The molecular weight excluding hydrogens is 204 g/mol. The molecule has 0 spiro atoms. The molecule has 0 aliphatic heterocycles. The summed E-state index contributed by atoms with van der Waals surface area (Å²) in [4.78, 5) is 11.0. The first-order chi connectivity index (χ1) is 7.76. The van der Waals surface area contributed by atoms with Crippen LogP contribution in [0.3, 0.4) is 0 Å². The lowest BCUT2D eigenvalue weighted by atomic mass is 10.1. The van der Waals surface area contributed by atoms with Gasteiger partial charge in [-0.25, -0.2) is 4.79 Å². The summed E-state index contributed by atoms with van der Waals surface area (Å²) in [7, 11) is 1.63. The van der Waals surface area contributed by atoms with Crippen molar-refractivity contribution in [2.24, 2.45) is 0 Å². The van der Waals surface area contributed by atoms with Crippen molar-refractivity contribution in [1.29, 1.82) is 0 Å². The second-order valence-electron chi connectivity index (χ2n) is 3.21. The molecule has 0 bridgehead atoms. The van der Waals surface area contributed by atoms with Crippen LogP contribution in [0, 0.1) is 0 Å². The van der Waals surface area contributed by atoms with Crippen LogP contribution in [0.1, 0.15) is 12.5 Å². The Bertz CT molecular complexity index is 352. The second kappa shape index (κ2) is 6.67. The largest absolute Gasteiger partial charge is 0.497 e. The van der Waals surface area contributed by atoms with E-state index in [1.54, 1.807) is 20.1 Å². The maximum absolute atomic E-state index is 11.0. The lowest BCUT2D eigenvalue weighted by Crippen LogP contribution is -1.99. The van der Waals surface area contributed by atoms with Crippen molar-refractivity contribution in [3.05, 3.63) is 42.0 Å². The third-order valence-corrected chi connectivity index (χ3v) is 2.05. The van der Waals surface area contributed by atoms with Gasteiger partial charge in [0.25, 0.3) is 0 Å². The van der Waals surface area contributed by atoms with Crippen LogP contribution >= 0.6 is 0 Å². The van der Waals surface area contributed by atoms with E-state index in [-0.39, 0.29) is 5.97 Å². The fraction of sp³-hybridized carbons (Fsp3) is 0.308. The Labute approximate surface area is 95.7 Å². The van der Waals surface area contributed by atoms with Crippen LogP contribution in [0.25, 0.3) is 0 Å². The van der Waals surface area contributed by atoms with E-state index in [0.717, 1.165) is 11.3 Å². The first-order valence-electron chi connectivity index (χ1n) is 5.22. The quantitative estimate of drug-likeness (QED) is 0.564. The van der Waals surface area contributed by atoms with E-state index in [1.807, 2.05) is 24.3 Å². The first kappa shape index (κ1) is 12.3. The summed E-state index contributed by atoms with van der Waals surface area (Å²) >= 11 is 0. The lowest BCUT2D eigenvalue weighted by Gasteiger charge is -2.00. The van der Waals surface area contributed by atoms with E-state index in [4.69, 9.17) is 9.47 Å². The summed E-state index contributed by atoms with van der Waals surface area (Å²) in [5.74, 6) is 0.536. The number of benzene rings is 1. The number of hydrogen-bond donors (Lipinski definition) is 0. The molecule has 86 valence electrons. The third kappa shape index (κ3) is 4.17. The molecule has 0 unspecified atom stereocenters. The molecule has 0 radical (unpaired) electrons. The number of ether oxygens (including phenoxy) is 2. The van der Waals surface area contributed by atoms with E-state index in [2.05, 4.69) is 0 Å². The molecule has 3 heteroatoms. The van der Waals surface area contributed by atoms with Gasteiger partial charge in [0.15, 0.2) is 0 Å². The van der Waals surface area contributed by atoms with Crippen LogP contribution < -0.4 is 4.74 Å². The summed E-state index contributed by atoms with van der Waals surface area (Å²) in [5.41, 5.74) is 1.13. The highest BCUT2D eigenvalue weighted by molar-refractivity contribution is 5.81. The van der Waals surface area contributed by atoms with Gasteiger partial charge in [-0.05, 0) is 31.0 Å². The predicted octanol–water partition coefficient (Wildman–Crippen LogP) is 2.36. The highest BCUT2D eigenvalue weighted by Crippen LogP contribution is 2.11. The van der Waals surface area contributed by atoms with E-state index < -0.39 is 0 Å². The van der Waals surface area contributed by atoms with Crippen molar-refractivity contribution in [1.82, 2.24) is 0 Å². The lowest BCUT2D eigenvalue weighted by molar-refractivity contribution is -0.137. The van der Waals surface area contributed by atoms with Gasteiger partial charge < -0.3 is 9.47 Å². The molecule has 0 saturated carbocycles. The zero-order chi connectivity index (χ0) is 11.8. The van der Waals surface area contributed by atoms with Gasteiger partial charge in [0, 0.05) is 6.08 Å². The maximum Gasteiger partial charge on any atom is 0.330 e. The average Bonchev–Trinajstić information content (AvgIpc) is 2.30. The average molecular weight is 220 g/mol. The summed E-state index contributed by atoms with van der Waals surface area (Å²) in [6, 6.07) is 7.73. The molecular formula is C13H16O3. The zero-order valence-corrected chi connectivity index (χ0v) is 9.60. The van der Waals surface area contributed by atoms with Crippen LogP contribution in [0.15, 0.2) is 36.4 Å². The summed E-state index contributed by atoms with van der Waals surface area (Å²) in [6.07, 6.45) is 3.95. The van der Waals surface area contributed by atoms with Crippen LogP contribution in [-0.4, -0.2) is 19.7 Å². The van der Waals surface area contributed by atoms with Crippen LogP contribution in [-0.2, 0) is 16.0 Å². The Balaban J connectivity index is 2.45. The molecule has 0 atom stereocenters. The smallest absolute Gasteiger partial charge is 0.330 e. The molecule has 16 heavy (non-hydrogen) atoms. The SMILES string of the molecule is CCOC(=O)/C=C\Cc1ccc(OC)cc1. The van der Waals surface area contributed by atoms with Crippen molar-refractivity contribution in [2.75, 3.05) is 13.7 Å². The van der Waals surface area contributed by atoms with Crippen molar-refractivity contribution < 1.29 is 14.3 Å². The number of carbonyl (C=O) groups excluding carboxylic acids is 1.